The molecule has 1 amide bonds. The minimum Gasteiger partial charge on any atom is -0.478 e. The Labute approximate surface area is 150 Å². The van der Waals surface area contributed by atoms with E-state index >= 15 is 0 Å². The number of anilines is 1. The second kappa shape index (κ2) is 7.70. The van der Waals surface area contributed by atoms with E-state index in [-0.39, 0.29) is 12.2 Å². The highest BCUT2D eigenvalue weighted by atomic mass is 32.1. The topological polar surface area (TPSA) is 75.6 Å². The van der Waals surface area contributed by atoms with Gasteiger partial charge in [-0.1, -0.05) is 43.7 Å². The summed E-state index contributed by atoms with van der Waals surface area (Å²) >= 11 is 1.37. The number of hydrogen-bond donors (Lipinski definition) is 2. The maximum atomic E-state index is 12.1. The lowest BCUT2D eigenvalue weighted by Gasteiger charge is -2.20. The second-order valence-electron chi connectivity index (χ2n) is 6.22. The van der Waals surface area contributed by atoms with Gasteiger partial charge >= 0.3 is 12.1 Å². The summed E-state index contributed by atoms with van der Waals surface area (Å²) in [4.78, 5) is 24.8. The van der Waals surface area contributed by atoms with Gasteiger partial charge in [0.25, 0.3) is 0 Å². The molecule has 6 heteroatoms. The molecule has 25 heavy (non-hydrogen) atoms. The van der Waals surface area contributed by atoms with Gasteiger partial charge in [0.15, 0.2) is 0 Å². The first-order valence-electron chi connectivity index (χ1n) is 8.44. The summed E-state index contributed by atoms with van der Waals surface area (Å²) in [5.74, 6) is -0.406. The number of carboxylic acid groups (broad SMARTS) is 1. The van der Waals surface area contributed by atoms with Gasteiger partial charge in [-0.25, -0.2) is 9.59 Å². The van der Waals surface area contributed by atoms with Gasteiger partial charge in [0.2, 0.25) is 0 Å². The normalized spacial score (nSPS) is 16.1. The number of nitrogens with one attached hydrogen (secondary N) is 1. The number of benzene rings is 1. The maximum Gasteiger partial charge on any atom is 0.412 e. The van der Waals surface area contributed by atoms with Crippen LogP contribution in [0.25, 0.3) is 0 Å². The molecule has 1 heterocycles. The predicted octanol–water partition coefficient (Wildman–Crippen LogP) is 4.71. The largest absolute Gasteiger partial charge is 0.478 e. The average Bonchev–Trinajstić information content (AvgIpc) is 2.97. The standard InChI is InChI=1S/C19H21NO4S/c1-2-12-8-9-14-15(10-12)25-17(16(14)18(21)22)20-19(23)24-11-13-6-4-3-5-7-13/h3-7,12H,2,8-11H2,1H3,(H,20,23)(H,21,22). The van der Waals surface area contributed by atoms with Crippen LogP contribution in [0.2, 0.25) is 0 Å². The van der Waals surface area contributed by atoms with Crippen LogP contribution in [-0.2, 0) is 24.2 Å². The quantitative estimate of drug-likeness (QED) is 0.811. The van der Waals surface area contributed by atoms with Crippen LogP contribution in [0.3, 0.4) is 0 Å². The molecule has 3 rings (SSSR count). The van der Waals surface area contributed by atoms with Crippen LogP contribution in [0, 0.1) is 5.92 Å². The number of thiophene rings is 1. The number of fused-ring (bicyclic) bond motifs is 1. The molecule has 132 valence electrons. The molecule has 1 unspecified atom stereocenters. The van der Waals surface area contributed by atoms with Crippen molar-refractivity contribution in [2.24, 2.45) is 5.92 Å². The monoisotopic (exact) mass is 359 g/mol. The van der Waals surface area contributed by atoms with E-state index in [1.165, 1.54) is 11.3 Å². The Morgan fingerprint density at radius 2 is 2.08 bits per heavy atom. The third kappa shape index (κ3) is 4.02. The smallest absolute Gasteiger partial charge is 0.412 e. The van der Waals surface area contributed by atoms with Crippen LogP contribution in [0.5, 0.6) is 0 Å². The van der Waals surface area contributed by atoms with E-state index in [9.17, 15) is 14.7 Å². The van der Waals surface area contributed by atoms with E-state index in [0.717, 1.165) is 41.7 Å². The molecule has 0 aliphatic heterocycles. The van der Waals surface area contributed by atoms with Crippen molar-refractivity contribution in [3.05, 3.63) is 51.9 Å². The lowest BCUT2D eigenvalue weighted by atomic mass is 9.86. The minimum absolute atomic E-state index is 0.151. The Kier molecular flexibility index (Phi) is 5.38. The van der Waals surface area contributed by atoms with Crippen molar-refractivity contribution in [3.8, 4) is 0 Å². The van der Waals surface area contributed by atoms with E-state index in [2.05, 4.69) is 12.2 Å². The molecule has 2 N–H and O–H groups in total. The van der Waals surface area contributed by atoms with Gasteiger partial charge in [-0.05, 0) is 36.3 Å². The average molecular weight is 359 g/mol. The first kappa shape index (κ1) is 17.5. The van der Waals surface area contributed by atoms with Gasteiger partial charge in [0, 0.05) is 4.88 Å². The van der Waals surface area contributed by atoms with Crippen molar-refractivity contribution < 1.29 is 19.4 Å². The highest BCUT2D eigenvalue weighted by Gasteiger charge is 2.29. The molecule has 0 fully saturated rings. The predicted molar refractivity (Wildman–Crippen MR) is 97.3 cm³/mol. The van der Waals surface area contributed by atoms with E-state index in [1.807, 2.05) is 30.3 Å². The minimum atomic E-state index is -0.995. The van der Waals surface area contributed by atoms with Crippen LogP contribution < -0.4 is 5.32 Å². The molecule has 0 bridgehead atoms. The molecule has 1 aromatic carbocycles. The SMILES string of the molecule is CCC1CCc2c(sc(NC(=O)OCc3ccccc3)c2C(=O)O)C1. The van der Waals surface area contributed by atoms with Gasteiger partial charge in [-0.15, -0.1) is 11.3 Å². The molecule has 0 saturated carbocycles. The second-order valence-corrected chi connectivity index (χ2v) is 7.32. The highest BCUT2D eigenvalue weighted by Crippen LogP contribution is 2.40. The van der Waals surface area contributed by atoms with Crippen molar-refractivity contribution in [3.63, 3.8) is 0 Å². The molecule has 1 atom stereocenters. The molecule has 0 radical (unpaired) electrons. The molecule has 0 spiro atoms. The van der Waals surface area contributed by atoms with Crippen molar-refractivity contribution in [2.75, 3.05) is 5.32 Å². The van der Waals surface area contributed by atoms with Crippen LogP contribution in [-0.4, -0.2) is 17.2 Å². The Balaban J connectivity index is 1.72. The van der Waals surface area contributed by atoms with Crippen LogP contribution in [0.4, 0.5) is 9.80 Å². The van der Waals surface area contributed by atoms with Gasteiger partial charge in [0.1, 0.15) is 11.6 Å². The number of amides is 1. The maximum absolute atomic E-state index is 12.1. The number of ether oxygens (including phenoxy) is 1. The molecular weight excluding hydrogens is 338 g/mol. The number of carbonyl (C=O) groups is 2. The lowest BCUT2D eigenvalue weighted by molar-refractivity contribution is 0.0697. The van der Waals surface area contributed by atoms with E-state index in [0.29, 0.717) is 10.9 Å². The van der Waals surface area contributed by atoms with Crippen LogP contribution in [0.1, 0.15) is 46.1 Å². The molecule has 1 aliphatic carbocycles. The Morgan fingerprint density at radius 1 is 1.32 bits per heavy atom. The first-order chi connectivity index (χ1) is 12.1. The summed E-state index contributed by atoms with van der Waals surface area (Å²) in [6.45, 7) is 2.31. The van der Waals surface area contributed by atoms with Crippen molar-refractivity contribution in [2.45, 2.75) is 39.2 Å². The summed E-state index contributed by atoms with van der Waals surface area (Å²) < 4.78 is 5.20. The molecule has 2 aromatic rings. The van der Waals surface area contributed by atoms with E-state index < -0.39 is 12.1 Å². The van der Waals surface area contributed by atoms with Crippen molar-refractivity contribution in [1.29, 1.82) is 0 Å². The first-order valence-corrected chi connectivity index (χ1v) is 9.25. The van der Waals surface area contributed by atoms with Crippen molar-refractivity contribution >= 4 is 28.4 Å². The molecule has 0 saturated heterocycles. The van der Waals surface area contributed by atoms with Gasteiger partial charge < -0.3 is 9.84 Å². The number of hydrogen-bond acceptors (Lipinski definition) is 4. The van der Waals surface area contributed by atoms with E-state index in [4.69, 9.17) is 4.74 Å². The van der Waals surface area contributed by atoms with Gasteiger partial charge in [-0.2, -0.15) is 0 Å². The number of carbonyl (C=O) groups excluding carboxylic acids is 1. The van der Waals surface area contributed by atoms with Crippen LogP contribution in [0.15, 0.2) is 30.3 Å². The summed E-state index contributed by atoms with van der Waals surface area (Å²) in [5.41, 5.74) is 1.99. The van der Waals surface area contributed by atoms with Crippen molar-refractivity contribution in [1.82, 2.24) is 0 Å². The number of carboxylic acids is 1. The zero-order valence-corrected chi connectivity index (χ0v) is 14.9. The fourth-order valence-electron chi connectivity index (χ4n) is 3.17. The van der Waals surface area contributed by atoms with E-state index in [1.54, 1.807) is 0 Å². The third-order valence-electron chi connectivity index (χ3n) is 4.59. The third-order valence-corrected chi connectivity index (χ3v) is 5.76. The fraction of sp³-hybridized carbons (Fsp3) is 0.368. The van der Waals surface area contributed by atoms with Gasteiger partial charge in [0.05, 0.1) is 5.56 Å². The van der Waals surface area contributed by atoms with Crippen LogP contribution >= 0.6 is 11.3 Å². The number of aromatic carboxylic acids is 1. The highest BCUT2D eigenvalue weighted by molar-refractivity contribution is 7.17. The van der Waals surface area contributed by atoms with Gasteiger partial charge in [-0.3, -0.25) is 5.32 Å². The summed E-state index contributed by atoms with van der Waals surface area (Å²) in [5, 5.41) is 12.6. The lowest BCUT2D eigenvalue weighted by Crippen LogP contribution is -2.16. The summed E-state index contributed by atoms with van der Waals surface area (Å²) in [6, 6.07) is 9.37. The molecular formula is C19H21NO4S. The molecule has 1 aliphatic rings. The Bertz CT molecular complexity index is 769. The fourth-order valence-corrected chi connectivity index (χ4v) is 4.51. The summed E-state index contributed by atoms with van der Waals surface area (Å²) in [6.07, 6.45) is 3.10. The Hall–Kier alpha value is -2.34. The zero-order valence-electron chi connectivity index (χ0n) is 14.1. The molecule has 1 aromatic heterocycles. The number of rotatable bonds is 5. The summed E-state index contributed by atoms with van der Waals surface area (Å²) in [7, 11) is 0. The molecule has 5 nitrogen and oxygen atoms in total. The Morgan fingerprint density at radius 3 is 2.76 bits per heavy atom. The zero-order chi connectivity index (χ0) is 17.8.